The van der Waals surface area contributed by atoms with Gasteiger partial charge in [-0.3, -0.25) is 9.59 Å². The number of carbonyl (C=O) groups is 2. The molecule has 5 rings (SSSR count). The van der Waals surface area contributed by atoms with Crippen LogP contribution in [-0.4, -0.2) is 17.4 Å². The normalized spacial score (nSPS) is 33.3. The molecule has 0 spiro atoms. The standard InChI is InChI=1S/C19H23ClN2O2/c1-11-4-15(20)2-3-16(11)21-17(23)18(24)22-19-8-12-5-13(9-19)7-14(6-12)10-19/h2-4,12-14H,5-10H2,1H3,(H,21,23)(H,22,24). The molecule has 0 aliphatic heterocycles. The second kappa shape index (κ2) is 5.76. The van der Waals surface area contributed by atoms with Crippen LogP contribution in [-0.2, 0) is 9.59 Å². The summed E-state index contributed by atoms with van der Waals surface area (Å²) < 4.78 is 0. The van der Waals surface area contributed by atoms with Gasteiger partial charge in [0.2, 0.25) is 0 Å². The summed E-state index contributed by atoms with van der Waals surface area (Å²) in [7, 11) is 0. The van der Waals surface area contributed by atoms with Crippen molar-refractivity contribution in [3.8, 4) is 0 Å². The molecule has 0 radical (unpaired) electrons. The van der Waals surface area contributed by atoms with E-state index in [9.17, 15) is 9.59 Å². The van der Waals surface area contributed by atoms with Crippen molar-refractivity contribution in [1.29, 1.82) is 0 Å². The quantitative estimate of drug-likeness (QED) is 0.803. The van der Waals surface area contributed by atoms with Crippen molar-refractivity contribution in [3.05, 3.63) is 28.8 Å². The van der Waals surface area contributed by atoms with Crippen LogP contribution in [0.5, 0.6) is 0 Å². The van der Waals surface area contributed by atoms with E-state index in [-0.39, 0.29) is 5.54 Å². The van der Waals surface area contributed by atoms with Gasteiger partial charge in [-0.2, -0.15) is 0 Å². The third kappa shape index (κ3) is 2.92. The molecule has 4 fully saturated rings. The van der Waals surface area contributed by atoms with Crippen LogP contribution in [0.25, 0.3) is 0 Å². The smallest absolute Gasteiger partial charge is 0.313 e. The van der Waals surface area contributed by atoms with E-state index in [4.69, 9.17) is 11.6 Å². The highest BCUT2D eigenvalue weighted by Gasteiger charge is 2.51. The molecule has 5 heteroatoms. The molecule has 4 saturated carbocycles. The van der Waals surface area contributed by atoms with Gasteiger partial charge in [-0.15, -0.1) is 0 Å². The van der Waals surface area contributed by atoms with Crippen molar-refractivity contribution in [1.82, 2.24) is 5.32 Å². The number of rotatable bonds is 2. The molecule has 24 heavy (non-hydrogen) atoms. The van der Waals surface area contributed by atoms with Crippen LogP contribution in [0.3, 0.4) is 0 Å². The van der Waals surface area contributed by atoms with Gasteiger partial charge in [-0.25, -0.2) is 0 Å². The monoisotopic (exact) mass is 346 g/mol. The molecule has 0 heterocycles. The minimum absolute atomic E-state index is 0.141. The number of halogens is 1. The summed E-state index contributed by atoms with van der Waals surface area (Å²) >= 11 is 5.93. The fourth-order valence-electron chi connectivity index (χ4n) is 5.51. The molecule has 0 aromatic heterocycles. The van der Waals surface area contributed by atoms with Gasteiger partial charge in [-0.05, 0) is 87.0 Å². The molecule has 4 bridgehead atoms. The first-order valence-corrected chi connectivity index (χ1v) is 9.20. The maximum absolute atomic E-state index is 12.5. The molecule has 0 unspecified atom stereocenters. The third-order valence-electron chi connectivity index (χ3n) is 6.06. The van der Waals surface area contributed by atoms with E-state index in [0.717, 1.165) is 42.6 Å². The molecule has 1 aromatic carbocycles. The Hall–Kier alpha value is -1.55. The fourth-order valence-corrected chi connectivity index (χ4v) is 5.73. The highest BCUT2D eigenvalue weighted by molar-refractivity contribution is 6.40. The van der Waals surface area contributed by atoms with Crippen molar-refractivity contribution in [3.63, 3.8) is 0 Å². The van der Waals surface area contributed by atoms with Gasteiger partial charge in [0.05, 0.1) is 0 Å². The highest BCUT2D eigenvalue weighted by Crippen LogP contribution is 2.55. The Morgan fingerprint density at radius 3 is 2.17 bits per heavy atom. The lowest BCUT2D eigenvalue weighted by Crippen LogP contribution is -2.61. The summed E-state index contributed by atoms with van der Waals surface area (Å²) in [6.07, 6.45) is 7.05. The number of hydrogen-bond acceptors (Lipinski definition) is 2. The zero-order valence-electron chi connectivity index (χ0n) is 13.9. The molecule has 2 amide bonds. The maximum Gasteiger partial charge on any atom is 0.313 e. The number of hydrogen-bond donors (Lipinski definition) is 2. The van der Waals surface area contributed by atoms with E-state index in [1.54, 1.807) is 18.2 Å². The molecule has 1 aromatic rings. The largest absolute Gasteiger partial charge is 0.342 e. The van der Waals surface area contributed by atoms with E-state index < -0.39 is 11.8 Å². The Kier molecular flexibility index (Phi) is 3.83. The van der Waals surface area contributed by atoms with Crippen molar-refractivity contribution < 1.29 is 9.59 Å². The average molecular weight is 347 g/mol. The Bertz CT molecular complexity index is 665. The molecule has 4 nitrogen and oxygen atoms in total. The van der Waals surface area contributed by atoms with Crippen molar-refractivity contribution in [2.45, 2.75) is 51.0 Å². The van der Waals surface area contributed by atoms with Gasteiger partial charge in [0.25, 0.3) is 0 Å². The molecule has 128 valence electrons. The van der Waals surface area contributed by atoms with Crippen LogP contribution >= 0.6 is 11.6 Å². The van der Waals surface area contributed by atoms with Crippen molar-refractivity contribution in [2.24, 2.45) is 17.8 Å². The lowest BCUT2D eigenvalue weighted by atomic mass is 9.53. The second-order valence-electron chi connectivity index (χ2n) is 8.07. The van der Waals surface area contributed by atoms with E-state index in [1.807, 2.05) is 6.92 Å². The average Bonchev–Trinajstić information content (AvgIpc) is 2.48. The molecule has 0 atom stereocenters. The van der Waals surface area contributed by atoms with E-state index in [0.29, 0.717) is 10.7 Å². The predicted molar refractivity (Wildman–Crippen MR) is 93.9 cm³/mol. The lowest BCUT2D eigenvalue weighted by molar-refractivity contribution is -0.139. The number of anilines is 1. The SMILES string of the molecule is Cc1cc(Cl)ccc1NC(=O)C(=O)NC12CC3CC(CC(C3)C1)C2. The van der Waals surface area contributed by atoms with Gasteiger partial charge in [0, 0.05) is 16.2 Å². The van der Waals surface area contributed by atoms with Crippen LogP contribution in [0, 0.1) is 24.7 Å². The summed E-state index contributed by atoms with van der Waals surface area (Å²) in [5.74, 6) is 1.11. The first-order valence-electron chi connectivity index (χ1n) is 8.82. The van der Waals surface area contributed by atoms with E-state index >= 15 is 0 Å². The molecule has 2 N–H and O–H groups in total. The van der Waals surface area contributed by atoms with E-state index in [1.165, 1.54) is 19.3 Å². The van der Waals surface area contributed by atoms with Gasteiger partial charge < -0.3 is 10.6 Å². The first kappa shape index (κ1) is 15.9. The van der Waals surface area contributed by atoms with Gasteiger partial charge in [0.15, 0.2) is 0 Å². The Morgan fingerprint density at radius 2 is 1.62 bits per heavy atom. The minimum Gasteiger partial charge on any atom is -0.342 e. The molecular weight excluding hydrogens is 324 g/mol. The number of benzene rings is 1. The molecular formula is C19H23ClN2O2. The molecule has 4 aliphatic carbocycles. The molecule has 0 saturated heterocycles. The van der Waals surface area contributed by atoms with Gasteiger partial charge in [-0.1, -0.05) is 11.6 Å². The van der Waals surface area contributed by atoms with E-state index in [2.05, 4.69) is 10.6 Å². The van der Waals surface area contributed by atoms with Crippen LogP contribution in [0.2, 0.25) is 5.02 Å². The van der Waals surface area contributed by atoms with Gasteiger partial charge >= 0.3 is 11.8 Å². The Morgan fingerprint density at radius 1 is 1.04 bits per heavy atom. The van der Waals surface area contributed by atoms with Crippen LogP contribution in [0.1, 0.15) is 44.1 Å². The maximum atomic E-state index is 12.5. The summed E-state index contributed by atoms with van der Waals surface area (Å²) in [4.78, 5) is 24.8. The lowest BCUT2D eigenvalue weighted by Gasteiger charge is -2.56. The topological polar surface area (TPSA) is 58.2 Å². The number of nitrogens with one attached hydrogen (secondary N) is 2. The Balaban J connectivity index is 1.43. The summed E-state index contributed by atoms with van der Waals surface area (Å²) in [5.41, 5.74) is 1.33. The molecule has 4 aliphatic rings. The number of amides is 2. The fraction of sp³-hybridized carbons (Fsp3) is 0.579. The Labute approximate surface area is 147 Å². The summed E-state index contributed by atoms with van der Waals surface area (Å²) in [5, 5.41) is 6.42. The zero-order chi connectivity index (χ0) is 16.9. The van der Waals surface area contributed by atoms with Crippen LogP contribution in [0.15, 0.2) is 18.2 Å². The van der Waals surface area contributed by atoms with Gasteiger partial charge in [0.1, 0.15) is 0 Å². The second-order valence-corrected chi connectivity index (χ2v) is 8.50. The number of carbonyl (C=O) groups excluding carboxylic acids is 2. The summed E-state index contributed by atoms with van der Waals surface area (Å²) in [6.45, 7) is 1.86. The highest BCUT2D eigenvalue weighted by atomic mass is 35.5. The van der Waals surface area contributed by atoms with Crippen LogP contribution in [0.4, 0.5) is 5.69 Å². The third-order valence-corrected chi connectivity index (χ3v) is 6.29. The number of aryl methyl sites for hydroxylation is 1. The summed E-state index contributed by atoms with van der Waals surface area (Å²) in [6, 6.07) is 5.21. The predicted octanol–water partition coefficient (Wildman–Crippen LogP) is 3.67. The first-order chi connectivity index (χ1) is 11.4. The van der Waals surface area contributed by atoms with Crippen molar-refractivity contribution in [2.75, 3.05) is 5.32 Å². The van der Waals surface area contributed by atoms with Crippen LogP contribution < -0.4 is 10.6 Å². The zero-order valence-corrected chi connectivity index (χ0v) is 14.7. The van der Waals surface area contributed by atoms with Crippen molar-refractivity contribution >= 4 is 29.1 Å². The minimum atomic E-state index is -0.587.